The standard InChI is InChI=1S/C29H28F5N5O4S2/c1-17(40)38-45(41,42)27-13-25(43-16-35-2)24(12-20(27)30)36-10-5-8-26-19(14-29(32,33)34)18-6-4-7-23(28(18)44-26)37-22-9-11-39(3)15-21(22)31/h4,6-7,12-13,21-22,36-37H,9-11,14-16H2,1,3H3,(H,38,40). The van der Waals surface area contributed by atoms with Gasteiger partial charge in [0.1, 0.15) is 16.9 Å². The molecule has 2 heterocycles. The van der Waals surface area contributed by atoms with Gasteiger partial charge in [-0.3, -0.25) is 9.64 Å². The van der Waals surface area contributed by atoms with Crippen LogP contribution in [0.1, 0.15) is 23.8 Å². The number of ether oxygens (including phenoxy) is 1. The zero-order valence-electron chi connectivity index (χ0n) is 24.0. The first-order valence-corrected chi connectivity index (χ1v) is 15.7. The SMILES string of the molecule is [C-]#[N+]COc1cc(S(=O)(=O)NC(C)=O)c(F)cc1NCC#Cc1sc2c(NC3CCN(C)CC3F)cccc2c1CC(F)(F)F. The van der Waals surface area contributed by atoms with E-state index in [-0.39, 0.29) is 35.0 Å². The lowest BCUT2D eigenvalue weighted by Crippen LogP contribution is -2.46. The summed E-state index contributed by atoms with van der Waals surface area (Å²) < 4.78 is 102. The molecule has 2 aromatic carbocycles. The van der Waals surface area contributed by atoms with E-state index in [0.29, 0.717) is 28.7 Å². The smallest absolute Gasteiger partial charge is 0.393 e. The summed E-state index contributed by atoms with van der Waals surface area (Å²) in [6, 6.07) is 5.93. The van der Waals surface area contributed by atoms with Crippen LogP contribution >= 0.6 is 11.3 Å². The summed E-state index contributed by atoms with van der Waals surface area (Å²) in [4.78, 5) is 15.4. The molecule has 2 unspecified atom stereocenters. The number of halogens is 5. The van der Waals surface area contributed by atoms with E-state index >= 15 is 0 Å². The van der Waals surface area contributed by atoms with Crippen molar-refractivity contribution in [3.05, 3.63) is 58.0 Å². The Bertz CT molecular complexity index is 1790. The van der Waals surface area contributed by atoms with Gasteiger partial charge in [-0.1, -0.05) is 24.0 Å². The lowest BCUT2D eigenvalue weighted by atomic mass is 10.0. The minimum absolute atomic E-state index is 0.0292. The number of benzene rings is 2. The van der Waals surface area contributed by atoms with Crippen molar-refractivity contribution in [2.75, 3.05) is 44.0 Å². The molecular weight excluding hydrogens is 641 g/mol. The molecule has 1 aliphatic heterocycles. The number of thiophene rings is 1. The molecule has 1 amide bonds. The number of amides is 1. The summed E-state index contributed by atoms with van der Waals surface area (Å²) in [7, 11) is -2.76. The van der Waals surface area contributed by atoms with Gasteiger partial charge < -0.3 is 20.3 Å². The Morgan fingerprint density at radius 3 is 2.69 bits per heavy atom. The highest BCUT2D eigenvalue weighted by molar-refractivity contribution is 7.90. The minimum Gasteiger partial charge on any atom is -0.424 e. The van der Waals surface area contributed by atoms with Crippen molar-refractivity contribution in [2.24, 2.45) is 0 Å². The second kappa shape index (κ2) is 13.9. The third-order valence-electron chi connectivity index (χ3n) is 6.74. The Labute approximate surface area is 260 Å². The second-order valence-electron chi connectivity index (χ2n) is 10.2. The Kier molecular flexibility index (Phi) is 10.4. The fraction of sp³-hybridized carbons (Fsp3) is 0.379. The molecule has 45 heavy (non-hydrogen) atoms. The molecule has 1 fully saturated rings. The number of anilines is 2. The van der Waals surface area contributed by atoms with Gasteiger partial charge in [-0.05, 0) is 30.5 Å². The van der Waals surface area contributed by atoms with E-state index in [9.17, 15) is 35.2 Å². The van der Waals surface area contributed by atoms with Crippen molar-refractivity contribution in [1.29, 1.82) is 0 Å². The highest BCUT2D eigenvalue weighted by Gasteiger charge is 2.32. The number of piperidine rings is 1. The summed E-state index contributed by atoms with van der Waals surface area (Å²) in [6.45, 7) is 8.02. The molecule has 240 valence electrons. The van der Waals surface area contributed by atoms with Crippen LogP contribution in [0.3, 0.4) is 0 Å². The number of sulfonamides is 1. The Hall–Kier alpha value is -4.12. The maximum Gasteiger partial charge on any atom is 0.393 e. The summed E-state index contributed by atoms with van der Waals surface area (Å²) >= 11 is 1.04. The summed E-state index contributed by atoms with van der Waals surface area (Å²) in [6.07, 6.45) is -6.41. The van der Waals surface area contributed by atoms with Gasteiger partial charge in [-0.25, -0.2) is 28.5 Å². The number of alkyl halides is 4. The first-order valence-electron chi connectivity index (χ1n) is 13.4. The number of hydrogen-bond donors (Lipinski definition) is 3. The number of nitrogens with zero attached hydrogens (tertiary/aromatic N) is 2. The first-order chi connectivity index (χ1) is 21.2. The van der Waals surface area contributed by atoms with E-state index in [1.54, 1.807) is 22.9 Å². The highest BCUT2D eigenvalue weighted by Crippen LogP contribution is 2.39. The molecule has 9 nitrogen and oxygen atoms in total. The number of fused-ring (bicyclic) bond motifs is 1. The predicted octanol–water partition coefficient (Wildman–Crippen LogP) is 5.14. The predicted molar refractivity (Wildman–Crippen MR) is 161 cm³/mol. The Balaban J connectivity index is 1.63. The lowest BCUT2D eigenvalue weighted by Gasteiger charge is -2.33. The van der Waals surface area contributed by atoms with Crippen LogP contribution in [0.15, 0.2) is 35.2 Å². The molecule has 0 spiro atoms. The van der Waals surface area contributed by atoms with Gasteiger partial charge in [-0.2, -0.15) is 13.2 Å². The van der Waals surface area contributed by atoms with Crippen molar-refractivity contribution >= 4 is 48.7 Å². The molecular formula is C29H28F5N5O4S2. The number of carbonyl (C=O) groups is 1. The van der Waals surface area contributed by atoms with Crippen LogP contribution in [0.5, 0.6) is 5.75 Å². The molecule has 16 heteroatoms. The molecule has 1 saturated heterocycles. The molecule has 0 radical (unpaired) electrons. The van der Waals surface area contributed by atoms with Gasteiger partial charge in [-0.15, -0.1) is 11.3 Å². The van der Waals surface area contributed by atoms with Gasteiger partial charge in [0, 0.05) is 32.1 Å². The molecule has 0 bridgehead atoms. The number of hydrogen-bond acceptors (Lipinski definition) is 8. The Morgan fingerprint density at radius 1 is 1.27 bits per heavy atom. The zero-order chi connectivity index (χ0) is 32.9. The maximum atomic E-state index is 14.8. The van der Waals surface area contributed by atoms with Crippen LogP contribution in [-0.2, 0) is 21.2 Å². The molecule has 1 aliphatic rings. The summed E-state index contributed by atoms with van der Waals surface area (Å²) in [5, 5.41) is 6.24. The van der Waals surface area contributed by atoms with Gasteiger partial charge in [0.15, 0.2) is 5.75 Å². The first kappa shape index (κ1) is 33.8. The molecule has 0 saturated carbocycles. The van der Waals surface area contributed by atoms with Crippen molar-refractivity contribution < 1.29 is 39.9 Å². The van der Waals surface area contributed by atoms with Gasteiger partial charge >= 0.3 is 12.9 Å². The fourth-order valence-electron chi connectivity index (χ4n) is 4.79. The Morgan fingerprint density at radius 2 is 2.02 bits per heavy atom. The van der Waals surface area contributed by atoms with E-state index in [4.69, 9.17) is 11.3 Å². The fourth-order valence-corrected chi connectivity index (χ4v) is 7.03. The van der Waals surface area contributed by atoms with Crippen LogP contribution in [-0.4, -0.2) is 71.0 Å². The van der Waals surface area contributed by atoms with Crippen LogP contribution < -0.4 is 20.1 Å². The molecule has 4 rings (SSSR count). The van der Waals surface area contributed by atoms with E-state index in [2.05, 4.69) is 27.3 Å². The van der Waals surface area contributed by atoms with E-state index in [1.165, 1.54) is 0 Å². The van der Waals surface area contributed by atoms with Crippen LogP contribution in [0.2, 0.25) is 0 Å². The quantitative estimate of drug-likeness (QED) is 0.165. The largest absolute Gasteiger partial charge is 0.424 e. The average molecular weight is 670 g/mol. The maximum absolute atomic E-state index is 14.8. The van der Waals surface area contributed by atoms with Crippen molar-refractivity contribution in [3.8, 4) is 17.6 Å². The number of likely N-dealkylation sites (tertiary alicyclic amines) is 1. The molecule has 3 aromatic rings. The topological polar surface area (TPSA) is 104 Å². The van der Waals surface area contributed by atoms with Gasteiger partial charge in [0.05, 0.1) is 40.0 Å². The normalized spacial score (nSPS) is 17.2. The van der Waals surface area contributed by atoms with Crippen LogP contribution in [0, 0.1) is 24.2 Å². The summed E-state index contributed by atoms with van der Waals surface area (Å²) in [5.74, 6) is 3.05. The third kappa shape index (κ3) is 8.54. The van der Waals surface area contributed by atoms with E-state index in [1.807, 2.05) is 11.9 Å². The van der Waals surface area contributed by atoms with Crippen LogP contribution in [0.25, 0.3) is 14.9 Å². The van der Waals surface area contributed by atoms with Crippen molar-refractivity contribution in [1.82, 2.24) is 9.62 Å². The number of rotatable bonds is 9. The van der Waals surface area contributed by atoms with Gasteiger partial charge in [0.2, 0.25) is 5.91 Å². The number of carbonyl (C=O) groups excluding carboxylic acids is 1. The number of nitrogens with one attached hydrogen (secondary N) is 3. The monoisotopic (exact) mass is 669 g/mol. The third-order valence-corrected chi connectivity index (χ3v) is 9.38. The molecule has 0 aliphatic carbocycles. The van der Waals surface area contributed by atoms with Crippen molar-refractivity contribution in [3.63, 3.8) is 0 Å². The highest BCUT2D eigenvalue weighted by atomic mass is 32.2. The van der Waals surface area contributed by atoms with Crippen molar-refractivity contribution in [2.45, 2.75) is 43.1 Å². The second-order valence-corrected chi connectivity index (χ2v) is 12.9. The molecule has 3 N–H and O–H groups in total. The van der Waals surface area contributed by atoms with E-state index < -0.39 is 58.2 Å². The molecule has 1 aromatic heterocycles. The van der Waals surface area contributed by atoms with Gasteiger partial charge in [0.25, 0.3) is 10.0 Å². The van der Waals surface area contributed by atoms with Crippen LogP contribution in [0.4, 0.5) is 33.3 Å². The van der Waals surface area contributed by atoms with E-state index in [0.717, 1.165) is 30.4 Å². The average Bonchev–Trinajstić information content (AvgIpc) is 3.27. The molecule has 2 atom stereocenters. The zero-order valence-corrected chi connectivity index (χ0v) is 25.7. The summed E-state index contributed by atoms with van der Waals surface area (Å²) in [5.41, 5.74) is 0.402. The minimum atomic E-state index is -4.57. The lowest BCUT2D eigenvalue weighted by molar-refractivity contribution is -0.127.